The van der Waals surface area contributed by atoms with Crippen molar-refractivity contribution in [3.05, 3.63) is 84.9 Å². The first-order valence-corrected chi connectivity index (χ1v) is 24.4. The Labute approximate surface area is 368 Å². The molecule has 2 fully saturated rings. The molecule has 2 saturated heterocycles. The van der Waals surface area contributed by atoms with Gasteiger partial charge in [0.25, 0.3) is 0 Å². The van der Waals surface area contributed by atoms with E-state index in [9.17, 15) is 26.4 Å². The molecular weight excluding hydrogens is 829 g/mol. The van der Waals surface area contributed by atoms with E-state index in [1.807, 2.05) is 98.7 Å². The van der Waals surface area contributed by atoms with Crippen molar-refractivity contribution in [1.82, 2.24) is 19.2 Å². The molecule has 2 heterocycles. The molecular formula is C46H66N6O8S2. The Kier molecular flexibility index (Phi) is 19.2. The fraction of sp³-hybridized carbons (Fsp3) is 0.478. The number of carboxylic acids is 2. The summed E-state index contributed by atoms with van der Waals surface area (Å²) in [6, 6.07) is 23.8. The fourth-order valence-electron chi connectivity index (χ4n) is 8.03. The predicted octanol–water partition coefficient (Wildman–Crippen LogP) is 6.61. The van der Waals surface area contributed by atoms with Crippen molar-refractivity contribution in [3.8, 4) is 0 Å². The number of rotatable bonds is 16. The third-order valence-corrected chi connectivity index (χ3v) is 14.4. The number of hydrogen-bond donors (Lipinski definition) is 4. The third kappa shape index (κ3) is 14.5. The Morgan fingerprint density at radius 3 is 1.29 bits per heavy atom. The van der Waals surface area contributed by atoms with Crippen LogP contribution in [0.5, 0.6) is 0 Å². The lowest BCUT2D eigenvalue weighted by atomic mass is 10.0. The van der Waals surface area contributed by atoms with Gasteiger partial charge >= 0.3 is 11.9 Å². The number of carboxylic acid groups (broad SMARTS) is 2. The Bertz CT molecular complexity index is 2190. The van der Waals surface area contributed by atoms with Crippen molar-refractivity contribution in [2.75, 3.05) is 77.3 Å². The van der Waals surface area contributed by atoms with Crippen LogP contribution in [0.3, 0.4) is 0 Å². The predicted molar refractivity (Wildman–Crippen MR) is 250 cm³/mol. The SMILES string of the molecule is CC1CCCCN1CCCNS(=O)(=O)c1cccc2c(N(C)C)cccc12.CC1CCCCN1CCCNS(=O)(=O)c1cccc2c(N(C)C)cccc12.O=C(O)/C=C/C(=O)O. The first-order chi connectivity index (χ1) is 29.4. The number of nitrogens with zero attached hydrogens (tertiary/aromatic N) is 4. The van der Waals surface area contributed by atoms with Gasteiger partial charge in [-0.25, -0.2) is 35.9 Å². The maximum atomic E-state index is 12.9. The van der Waals surface area contributed by atoms with E-state index in [1.165, 1.54) is 38.5 Å². The molecule has 6 rings (SSSR count). The summed E-state index contributed by atoms with van der Waals surface area (Å²) in [5, 5.41) is 19.1. The van der Waals surface area contributed by atoms with Gasteiger partial charge in [-0.2, -0.15) is 0 Å². The fourth-order valence-corrected chi connectivity index (χ4v) is 10.6. The maximum absolute atomic E-state index is 12.9. The van der Waals surface area contributed by atoms with E-state index in [1.54, 1.807) is 12.1 Å². The van der Waals surface area contributed by atoms with Crippen molar-refractivity contribution in [2.45, 2.75) is 87.1 Å². The highest BCUT2D eigenvalue weighted by Gasteiger charge is 2.22. The van der Waals surface area contributed by atoms with Crippen LogP contribution in [0.1, 0.15) is 65.2 Å². The molecule has 0 radical (unpaired) electrons. The molecule has 2 aliphatic heterocycles. The summed E-state index contributed by atoms with van der Waals surface area (Å²) < 4.78 is 57.2. The van der Waals surface area contributed by atoms with Crippen molar-refractivity contribution < 1.29 is 36.6 Å². The zero-order chi connectivity index (χ0) is 45.5. The monoisotopic (exact) mass is 894 g/mol. The van der Waals surface area contributed by atoms with Gasteiger partial charge in [0, 0.05) is 98.4 Å². The number of nitrogens with one attached hydrogen (secondary N) is 2. The van der Waals surface area contributed by atoms with Crippen LogP contribution in [0.25, 0.3) is 21.5 Å². The molecule has 0 amide bonds. The van der Waals surface area contributed by atoms with Crippen LogP contribution < -0.4 is 19.2 Å². The number of likely N-dealkylation sites (tertiary alicyclic amines) is 2. The Hall–Kier alpha value is -4.58. The molecule has 0 aromatic heterocycles. The second kappa shape index (κ2) is 23.7. The quantitative estimate of drug-likeness (QED) is 0.0700. The molecule has 2 atom stereocenters. The largest absolute Gasteiger partial charge is 0.478 e. The average molecular weight is 895 g/mol. The molecule has 4 aromatic carbocycles. The van der Waals surface area contributed by atoms with Crippen molar-refractivity contribution in [2.24, 2.45) is 0 Å². The lowest BCUT2D eigenvalue weighted by molar-refractivity contribution is -0.134. The second-order valence-electron chi connectivity index (χ2n) is 16.3. The molecule has 4 aromatic rings. The van der Waals surface area contributed by atoms with Gasteiger partial charge in [0.05, 0.1) is 9.79 Å². The smallest absolute Gasteiger partial charge is 0.328 e. The summed E-state index contributed by atoms with van der Waals surface area (Å²) in [5.74, 6) is -2.51. The summed E-state index contributed by atoms with van der Waals surface area (Å²) >= 11 is 0. The molecule has 2 unspecified atom stereocenters. The van der Waals surface area contributed by atoms with Gasteiger partial charge in [0.1, 0.15) is 0 Å². The van der Waals surface area contributed by atoms with E-state index in [4.69, 9.17) is 10.2 Å². The van der Waals surface area contributed by atoms with Gasteiger partial charge in [-0.15, -0.1) is 0 Å². The van der Waals surface area contributed by atoms with Crippen molar-refractivity contribution in [1.29, 1.82) is 0 Å². The highest BCUT2D eigenvalue weighted by molar-refractivity contribution is 7.90. The number of fused-ring (bicyclic) bond motifs is 2. The van der Waals surface area contributed by atoms with E-state index in [2.05, 4.69) is 33.1 Å². The number of hydrogen-bond acceptors (Lipinski definition) is 10. The number of sulfonamides is 2. The molecule has 0 saturated carbocycles. The summed E-state index contributed by atoms with van der Waals surface area (Å²) in [7, 11) is 0.806. The molecule has 62 heavy (non-hydrogen) atoms. The van der Waals surface area contributed by atoms with E-state index < -0.39 is 32.0 Å². The zero-order valence-electron chi connectivity index (χ0n) is 37.1. The second-order valence-corrected chi connectivity index (χ2v) is 19.8. The van der Waals surface area contributed by atoms with E-state index in [0.717, 1.165) is 71.9 Å². The minimum Gasteiger partial charge on any atom is -0.478 e. The zero-order valence-corrected chi connectivity index (χ0v) is 38.7. The van der Waals surface area contributed by atoms with E-state index in [-0.39, 0.29) is 0 Å². The minimum absolute atomic E-state index is 0.357. The summed E-state index contributed by atoms with van der Waals surface area (Å²) in [6.07, 6.45) is 10.4. The maximum Gasteiger partial charge on any atom is 0.328 e. The van der Waals surface area contributed by atoms with Crippen LogP contribution in [-0.4, -0.2) is 128 Å². The van der Waals surface area contributed by atoms with Gasteiger partial charge in [-0.05, 0) is 103 Å². The Morgan fingerprint density at radius 1 is 0.597 bits per heavy atom. The highest BCUT2D eigenvalue weighted by atomic mass is 32.2. The molecule has 4 N–H and O–H groups in total. The van der Waals surface area contributed by atoms with Crippen LogP contribution in [0.4, 0.5) is 11.4 Å². The van der Waals surface area contributed by atoms with Gasteiger partial charge < -0.3 is 29.8 Å². The summed E-state index contributed by atoms with van der Waals surface area (Å²) in [5.41, 5.74) is 2.03. The molecule has 2 aliphatic rings. The molecule has 14 nitrogen and oxygen atoms in total. The third-order valence-electron chi connectivity index (χ3n) is 11.3. The number of piperidine rings is 2. The van der Waals surface area contributed by atoms with Crippen molar-refractivity contribution >= 4 is 64.9 Å². The Balaban J connectivity index is 0.000000232. The topological polar surface area (TPSA) is 180 Å². The molecule has 0 spiro atoms. The lowest BCUT2D eigenvalue weighted by Gasteiger charge is -2.33. The average Bonchev–Trinajstić information content (AvgIpc) is 3.23. The number of aliphatic carboxylic acids is 2. The van der Waals surface area contributed by atoms with Gasteiger partial charge in [-0.3, -0.25) is 0 Å². The first kappa shape index (κ1) is 50.1. The number of anilines is 2. The lowest BCUT2D eigenvalue weighted by Crippen LogP contribution is -2.39. The molecule has 340 valence electrons. The first-order valence-electron chi connectivity index (χ1n) is 21.4. The Morgan fingerprint density at radius 2 is 0.952 bits per heavy atom. The van der Waals surface area contributed by atoms with Crippen LogP contribution >= 0.6 is 0 Å². The van der Waals surface area contributed by atoms with Gasteiger partial charge in [-0.1, -0.05) is 61.4 Å². The van der Waals surface area contributed by atoms with Gasteiger partial charge in [0.2, 0.25) is 20.0 Å². The van der Waals surface area contributed by atoms with Crippen LogP contribution in [0.2, 0.25) is 0 Å². The van der Waals surface area contributed by atoms with E-state index >= 15 is 0 Å². The molecule has 0 bridgehead atoms. The number of carbonyl (C=O) groups is 2. The van der Waals surface area contributed by atoms with Crippen LogP contribution in [-0.2, 0) is 29.6 Å². The van der Waals surface area contributed by atoms with Crippen LogP contribution in [0, 0.1) is 0 Å². The summed E-state index contributed by atoms with van der Waals surface area (Å²) in [6.45, 7) is 9.62. The molecule has 0 aliphatic carbocycles. The van der Waals surface area contributed by atoms with Crippen LogP contribution in [0.15, 0.2) is 94.7 Å². The minimum atomic E-state index is -3.53. The molecule has 16 heteroatoms. The van der Waals surface area contributed by atoms with Crippen molar-refractivity contribution in [3.63, 3.8) is 0 Å². The van der Waals surface area contributed by atoms with E-state index in [0.29, 0.717) is 47.1 Å². The van der Waals surface area contributed by atoms with Gasteiger partial charge in [0.15, 0.2) is 0 Å². The highest BCUT2D eigenvalue weighted by Crippen LogP contribution is 2.31. The number of benzene rings is 4. The summed E-state index contributed by atoms with van der Waals surface area (Å²) in [4.78, 5) is 28.8. The standard InChI is InChI=1S/2C21H31N3O2S.C4H4O4/c2*1-17-9-4-5-15-24(17)16-8-14-22-27(25,26)21-13-7-10-18-19(21)11-6-12-20(18)23(2)3;5-3(6)1-2-4(7)8/h2*6-7,10-13,17,22H,4-5,8-9,14-16H2,1-3H3;1-2H,(H,5,6)(H,7,8)/b;;2-1+. The normalized spacial score (nSPS) is 17.5.